The van der Waals surface area contributed by atoms with Crippen LogP contribution in [0.2, 0.25) is 0 Å². The molecule has 0 amide bonds. The quantitative estimate of drug-likeness (QED) is 0.731. The molecule has 4 nitrogen and oxygen atoms in total. The van der Waals surface area contributed by atoms with Gasteiger partial charge in [-0.2, -0.15) is 4.31 Å². The fourth-order valence-electron chi connectivity index (χ4n) is 2.14. The highest BCUT2D eigenvalue weighted by Crippen LogP contribution is 2.34. The van der Waals surface area contributed by atoms with Gasteiger partial charge in [-0.15, -0.1) is 0 Å². The summed E-state index contributed by atoms with van der Waals surface area (Å²) in [5, 5.41) is 3.01. The van der Waals surface area contributed by atoms with Crippen molar-refractivity contribution >= 4 is 10.0 Å². The van der Waals surface area contributed by atoms with Gasteiger partial charge < -0.3 is 5.32 Å². The van der Waals surface area contributed by atoms with Gasteiger partial charge in [0.15, 0.2) is 0 Å². The van der Waals surface area contributed by atoms with E-state index in [0.717, 1.165) is 38.8 Å². The lowest BCUT2D eigenvalue weighted by Crippen LogP contribution is -2.42. The zero-order chi connectivity index (χ0) is 10.2. The molecule has 2 fully saturated rings. The summed E-state index contributed by atoms with van der Waals surface area (Å²) in [6.45, 7) is 1.51. The first kappa shape index (κ1) is 10.4. The highest BCUT2D eigenvalue weighted by Gasteiger charge is 2.43. The predicted octanol–water partition coefficient (Wildman–Crippen LogP) is 0.162. The van der Waals surface area contributed by atoms with E-state index in [2.05, 4.69) is 5.32 Å². The smallest absolute Gasteiger partial charge is 0.217 e. The molecule has 0 radical (unpaired) electrons. The first-order valence-electron chi connectivity index (χ1n) is 5.31. The minimum Gasteiger partial charge on any atom is -0.318 e. The van der Waals surface area contributed by atoms with Crippen LogP contribution in [-0.2, 0) is 10.0 Å². The Morgan fingerprint density at radius 3 is 2.64 bits per heavy atom. The van der Waals surface area contributed by atoms with Crippen LogP contribution in [0.1, 0.15) is 25.7 Å². The predicted molar refractivity (Wildman–Crippen MR) is 55.6 cm³/mol. The minimum absolute atomic E-state index is 0.0556. The van der Waals surface area contributed by atoms with Crippen molar-refractivity contribution in [3.63, 3.8) is 0 Å². The van der Waals surface area contributed by atoms with Gasteiger partial charge in [0.25, 0.3) is 0 Å². The summed E-state index contributed by atoms with van der Waals surface area (Å²) in [6.07, 6.45) is 3.75. The van der Waals surface area contributed by atoms with E-state index in [1.807, 2.05) is 7.05 Å². The maximum Gasteiger partial charge on any atom is 0.217 e. The molecule has 0 aromatic rings. The molecule has 1 N–H and O–H groups in total. The van der Waals surface area contributed by atoms with Crippen molar-refractivity contribution in [3.8, 4) is 0 Å². The topological polar surface area (TPSA) is 49.4 Å². The first-order chi connectivity index (χ1) is 6.66. The van der Waals surface area contributed by atoms with Crippen molar-refractivity contribution in [2.24, 2.45) is 0 Å². The largest absolute Gasteiger partial charge is 0.318 e. The van der Waals surface area contributed by atoms with Gasteiger partial charge >= 0.3 is 0 Å². The Hall–Kier alpha value is -0.130. The minimum atomic E-state index is -2.94. The van der Waals surface area contributed by atoms with E-state index in [0.29, 0.717) is 0 Å². The zero-order valence-corrected chi connectivity index (χ0v) is 9.39. The van der Waals surface area contributed by atoms with Crippen molar-refractivity contribution in [2.45, 2.75) is 37.0 Å². The van der Waals surface area contributed by atoms with Crippen LogP contribution in [0.25, 0.3) is 0 Å². The summed E-state index contributed by atoms with van der Waals surface area (Å²) in [7, 11) is -1.07. The van der Waals surface area contributed by atoms with E-state index >= 15 is 0 Å². The van der Waals surface area contributed by atoms with Crippen molar-refractivity contribution < 1.29 is 8.42 Å². The highest BCUT2D eigenvalue weighted by atomic mass is 32.2. The van der Waals surface area contributed by atoms with Gasteiger partial charge in [-0.1, -0.05) is 0 Å². The number of nitrogens with zero attached hydrogens (tertiary/aromatic N) is 1. The van der Waals surface area contributed by atoms with E-state index in [9.17, 15) is 8.42 Å². The van der Waals surface area contributed by atoms with Crippen molar-refractivity contribution in [2.75, 3.05) is 20.1 Å². The molecule has 0 spiro atoms. The first-order valence-corrected chi connectivity index (χ1v) is 6.82. The molecule has 14 heavy (non-hydrogen) atoms. The van der Waals surface area contributed by atoms with Crippen LogP contribution < -0.4 is 5.32 Å². The third-order valence-corrected chi connectivity index (χ3v) is 5.48. The molecule has 1 atom stereocenters. The lowest BCUT2D eigenvalue weighted by Gasteiger charge is -2.23. The van der Waals surface area contributed by atoms with Gasteiger partial charge in [-0.3, -0.25) is 0 Å². The molecule has 2 rings (SSSR count). The van der Waals surface area contributed by atoms with Crippen LogP contribution in [0.15, 0.2) is 0 Å². The second-order valence-electron chi connectivity index (χ2n) is 4.21. The maximum absolute atomic E-state index is 12.0. The zero-order valence-electron chi connectivity index (χ0n) is 8.57. The van der Waals surface area contributed by atoms with Gasteiger partial charge in [0.1, 0.15) is 0 Å². The van der Waals surface area contributed by atoms with Gasteiger partial charge in [-0.25, -0.2) is 8.42 Å². The lowest BCUT2D eigenvalue weighted by atomic mass is 10.2. The Morgan fingerprint density at radius 1 is 1.36 bits per heavy atom. The second kappa shape index (κ2) is 3.79. The fraction of sp³-hybridized carbons (Fsp3) is 1.00. The Kier molecular flexibility index (Phi) is 2.81. The third kappa shape index (κ3) is 1.81. The summed E-state index contributed by atoms with van der Waals surface area (Å²) in [5.74, 6) is 0. The van der Waals surface area contributed by atoms with E-state index in [1.165, 1.54) is 0 Å². The Morgan fingerprint density at radius 2 is 2.07 bits per heavy atom. The molecule has 82 valence electrons. The standard InChI is InChI=1S/C9H18N2O2S/c1-10-7-8-3-2-6-11(8)14(12,13)9-4-5-9/h8-10H,2-7H2,1H3. The Balaban J connectivity index is 2.08. The van der Waals surface area contributed by atoms with Crippen LogP contribution in [0.5, 0.6) is 0 Å². The van der Waals surface area contributed by atoms with Crippen molar-refractivity contribution in [1.29, 1.82) is 0 Å². The normalized spacial score (nSPS) is 29.6. The molecular weight excluding hydrogens is 200 g/mol. The Bertz CT molecular complexity index is 298. The highest BCUT2D eigenvalue weighted by molar-refractivity contribution is 7.90. The number of nitrogens with one attached hydrogen (secondary N) is 1. The number of hydrogen-bond donors (Lipinski definition) is 1. The van der Waals surface area contributed by atoms with Gasteiger partial charge in [-0.05, 0) is 32.7 Å². The molecule has 1 unspecified atom stereocenters. The van der Waals surface area contributed by atoms with Gasteiger partial charge in [0.2, 0.25) is 10.0 Å². The molecule has 1 saturated carbocycles. The maximum atomic E-state index is 12.0. The monoisotopic (exact) mass is 218 g/mol. The van der Waals surface area contributed by atoms with E-state index < -0.39 is 10.0 Å². The number of sulfonamides is 1. The molecule has 0 aromatic carbocycles. The summed E-state index contributed by atoms with van der Waals surface area (Å²) in [4.78, 5) is 0. The molecule has 1 heterocycles. The molecule has 0 bridgehead atoms. The molecule has 1 aliphatic heterocycles. The SMILES string of the molecule is CNCC1CCCN1S(=O)(=O)C1CC1. The van der Waals surface area contributed by atoms with Gasteiger partial charge in [0.05, 0.1) is 5.25 Å². The van der Waals surface area contributed by atoms with Gasteiger partial charge in [0, 0.05) is 19.1 Å². The van der Waals surface area contributed by atoms with Crippen LogP contribution in [-0.4, -0.2) is 44.2 Å². The summed E-state index contributed by atoms with van der Waals surface area (Å²) in [6, 6.07) is 0.200. The Labute approximate surface area is 85.7 Å². The van der Waals surface area contributed by atoms with Crippen LogP contribution in [0, 0.1) is 0 Å². The summed E-state index contributed by atoms with van der Waals surface area (Å²) < 4.78 is 25.7. The third-order valence-electron chi connectivity index (χ3n) is 3.04. The lowest BCUT2D eigenvalue weighted by molar-refractivity contribution is 0.378. The average Bonchev–Trinajstić information content (AvgIpc) is 2.88. The molecule has 2 aliphatic rings. The van der Waals surface area contributed by atoms with Crippen molar-refractivity contribution in [1.82, 2.24) is 9.62 Å². The molecule has 5 heteroatoms. The number of hydrogen-bond acceptors (Lipinski definition) is 3. The molecule has 1 saturated heterocycles. The van der Waals surface area contributed by atoms with E-state index in [-0.39, 0.29) is 11.3 Å². The molecule has 0 aromatic heterocycles. The van der Waals surface area contributed by atoms with Crippen LogP contribution >= 0.6 is 0 Å². The second-order valence-corrected chi connectivity index (χ2v) is 6.37. The van der Waals surface area contributed by atoms with Crippen LogP contribution in [0.3, 0.4) is 0 Å². The van der Waals surface area contributed by atoms with E-state index in [1.54, 1.807) is 4.31 Å². The van der Waals surface area contributed by atoms with Crippen LogP contribution in [0.4, 0.5) is 0 Å². The summed E-state index contributed by atoms with van der Waals surface area (Å²) in [5.41, 5.74) is 0. The van der Waals surface area contributed by atoms with E-state index in [4.69, 9.17) is 0 Å². The molecular formula is C9H18N2O2S. The fourth-order valence-corrected chi connectivity index (χ4v) is 4.24. The molecule has 1 aliphatic carbocycles. The number of rotatable bonds is 4. The number of likely N-dealkylation sites (N-methyl/N-ethyl adjacent to an activating group) is 1. The average molecular weight is 218 g/mol. The summed E-state index contributed by atoms with van der Waals surface area (Å²) >= 11 is 0. The van der Waals surface area contributed by atoms with Crippen molar-refractivity contribution in [3.05, 3.63) is 0 Å².